The van der Waals surface area contributed by atoms with E-state index in [1.54, 1.807) is 6.21 Å². The van der Waals surface area contributed by atoms with Crippen molar-refractivity contribution in [1.82, 2.24) is 19.5 Å². The Labute approximate surface area is 317 Å². The molecule has 0 saturated heterocycles. The zero-order chi connectivity index (χ0) is 37.3. The number of hydrogen-bond donors (Lipinski definition) is 0. The molecule has 6 aromatic carbocycles. The molecule has 0 unspecified atom stereocenters. The van der Waals surface area contributed by atoms with Crippen molar-refractivity contribution in [2.24, 2.45) is 4.99 Å². The minimum atomic E-state index is -0.304. The topological polar surface area (TPSA) is 90.1 Å². The lowest BCUT2D eigenvalue weighted by atomic mass is 9.82. The highest BCUT2D eigenvalue weighted by molar-refractivity contribution is 6.12. The third-order valence-electron chi connectivity index (χ3n) is 9.98. The molecule has 0 N–H and O–H groups in total. The number of hydrogen-bond acceptors (Lipinski definition) is 6. The van der Waals surface area contributed by atoms with E-state index < -0.39 is 0 Å². The number of fused-ring (bicyclic) bond motifs is 4. The molecule has 0 radical (unpaired) electrons. The molecule has 7 nitrogen and oxygen atoms in total. The van der Waals surface area contributed by atoms with Crippen LogP contribution >= 0.6 is 0 Å². The van der Waals surface area contributed by atoms with E-state index in [9.17, 15) is 9.59 Å². The fourth-order valence-corrected chi connectivity index (χ4v) is 7.35. The Bertz CT molecular complexity index is 2830. The van der Waals surface area contributed by atoms with Crippen molar-refractivity contribution in [2.75, 3.05) is 0 Å². The molecule has 1 aliphatic rings. The lowest BCUT2D eigenvalue weighted by Gasteiger charge is -2.24. The van der Waals surface area contributed by atoms with Gasteiger partial charge in [0.1, 0.15) is 6.04 Å². The summed E-state index contributed by atoms with van der Waals surface area (Å²) in [7, 11) is 0. The number of carbonyl (C=O) groups excluding carboxylic acids is 1. The minimum Gasteiger partial charge on any atom is -0.309 e. The summed E-state index contributed by atoms with van der Waals surface area (Å²) in [6.45, 7) is 1.95. The van der Waals surface area contributed by atoms with Crippen molar-refractivity contribution in [3.8, 4) is 28.5 Å². The van der Waals surface area contributed by atoms with Crippen molar-refractivity contribution in [3.05, 3.63) is 208 Å². The molecule has 2 aromatic heterocycles. The first-order chi connectivity index (χ1) is 27.1. The summed E-state index contributed by atoms with van der Waals surface area (Å²) in [5.74, 6) is 1.60. The highest BCUT2D eigenvalue weighted by Gasteiger charge is 2.29. The third-order valence-corrected chi connectivity index (χ3v) is 9.98. The molecule has 0 spiro atoms. The SMILES string of the molecule is C/C=C(\C=C/C=NC1c2ccccc2C(=O)c2ccccc21)c1nc(-c2ccccc2)nc(-c2cccc(-n3c4ccccc4c(=O)c4ccccc43)c2)n1. The number of aromatic nitrogens is 4. The van der Waals surface area contributed by atoms with Gasteiger partial charge in [0, 0.05) is 50.5 Å². The molecule has 2 heterocycles. The number of aliphatic imine (C=N–C) groups is 1. The van der Waals surface area contributed by atoms with Crippen LogP contribution in [0.4, 0.5) is 0 Å². The molecule has 9 rings (SSSR count). The second kappa shape index (κ2) is 14.2. The van der Waals surface area contributed by atoms with Gasteiger partial charge in [-0.2, -0.15) is 0 Å². The van der Waals surface area contributed by atoms with Crippen LogP contribution in [-0.2, 0) is 0 Å². The molecule has 0 bridgehead atoms. The first-order valence-corrected chi connectivity index (χ1v) is 18.1. The highest BCUT2D eigenvalue weighted by atomic mass is 16.1. The van der Waals surface area contributed by atoms with Gasteiger partial charge in [0.15, 0.2) is 28.7 Å². The summed E-state index contributed by atoms with van der Waals surface area (Å²) in [5.41, 5.74) is 8.12. The van der Waals surface area contributed by atoms with Crippen molar-refractivity contribution >= 4 is 39.4 Å². The van der Waals surface area contributed by atoms with E-state index >= 15 is 0 Å². The maximum absolute atomic E-state index is 13.5. The molecular weight excluding hydrogens is 679 g/mol. The average Bonchev–Trinajstić information content (AvgIpc) is 3.25. The molecule has 262 valence electrons. The van der Waals surface area contributed by atoms with Gasteiger partial charge in [-0.15, -0.1) is 0 Å². The summed E-state index contributed by atoms with van der Waals surface area (Å²) < 4.78 is 2.12. The lowest BCUT2D eigenvalue weighted by Crippen LogP contribution is -2.18. The number of ketones is 1. The van der Waals surface area contributed by atoms with Crippen LogP contribution < -0.4 is 5.43 Å². The second-order valence-electron chi connectivity index (χ2n) is 13.2. The van der Waals surface area contributed by atoms with Crippen LogP contribution in [0.5, 0.6) is 0 Å². The first-order valence-electron chi connectivity index (χ1n) is 18.1. The number of carbonyl (C=O) groups is 1. The number of pyridine rings is 1. The Hall–Kier alpha value is -7.38. The van der Waals surface area contributed by atoms with Gasteiger partial charge in [0.25, 0.3) is 0 Å². The van der Waals surface area contributed by atoms with Crippen molar-refractivity contribution in [3.63, 3.8) is 0 Å². The largest absolute Gasteiger partial charge is 0.309 e. The van der Waals surface area contributed by atoms with Gasteiger partial charge in [-0.25, -0.2) is 15.0 Å². The summed E-state index contributed by atoms with van der Waals surface area (Å²) >= 11 is 0. The van der Waals surface area contributed by atoms with Gasteiger partial charge in [-0.3, -0.25) is 14.6 Å². The molecular formula is C48H33N5O2. The maximum Gasteiger partial charge on any atom is 0.197 e. The zero-order valence-corrected chi connectivity index (χ0v) is 29.9. The van der Waals surface area contributed by atoms with Gasteiger partial charge in [0.05, 0.1) is 11.0 Å². The van der Waals surface area contributed by atoms with E-state index in [-0.39, 0.29) is 17.3 Å². The van der Waals surface area contributed by atoms with Crippen LogP contribution in [0.1, 0.15) is 45.8 Å². The number of allylic oxidation sites excluding steroid dienone is 4. The number of rotatable bonds is 7. The zero-order valence-electron chi connectivity index (χ0n) is 29.9. The fraction of sp³-hybridized carbons (Fsp3) is 0.0417. The van der Waals surface area contributed by atoms with Crippen LogP contribution in [0.15, 0.2) is 180 Å². The highest BCUT2D eigenvalue weighted by Crippen LogP contribution is 2.37. The molecule has 0 saturated carbocycles. The molecule has 0 fully saturated rings. The lowest BCUT2D eigenvalue weighted by molar-refractivity contribution is 0.103. The quantitative estimate of drug-likeness (QED) is 0.0933. The van der Waals surface area contributed by atoms with Crippen LogP contribution in [0.25, 0.3) is 55.8 Å². The standard InChI is InChI=1S/C48H33N5O2/c1-2-31(19-15-29-49-43-35-21-6-8-23-37(35)44(54)38-24-9-7-22-36(38)43)46-50-47(32-16-4-3-5-17-32)52-48(51-46)33-18-14-20-34(30-33)53-41-27-12-10-25-39(41)45(55)40-26-11-13-28-42(40)53/h2-30,43H,1H3/b19-15-,31-2+,49-29?. The molecule has 0 aliphatic heterocycles. The summed E-state index contributed by atoms with van der Waals surface area (Å²) in [4.78, 5) is 46.6. The Morgan fingerprint density at radius 3 is 1.84 bits per heavy atom. The van der Waals surface area contributed by atoms with E-state index in [1.807, 2.05) is 171 Å². The first kappa shape index (κ1) is 33.5. The Kier molecular flexibility index (Phi) is 8.65. The Morgan fingerprint density at radius 1 is 0.618 bits per heavy atom. The van der Waals surface area contributed by atoms with Crippen molar-refractivity contribution in [1.29, 1.82) is 0 Å². The number of nitrogens with zero attached hydrogens (tertiary/aromatic N) is 5. The van der Waals surface area contributed by atoms with E-state index in [4.69, 9.17) is 19.9 Å². The monoisotopic (exact) mass is 711 g/mol. The predicted molar refractivity (Wildman–Crippen MR) is 221 cm³/mol. The van der Waals surface area contributed by atoms with Crippen molar-refractivity contribution < 1.29 is 4.79 Å². The Morgan fingerprint density at radius 2 is 1.18 bits per heavy atom. The van der Waals surface area contributed by atoms with Crippen molar-refractivity contribution in [2.45, 2.75) is 13.0 Å². The number of para-hydroxylation sites is 2. The molecule has 7 heteroatoms. The molecule has 0 amide bonds. The average molecular weight is 712 g/mol. The second-order valence-corrected chi connectivity index (χ2v) is 13.2. The van der Waals surface area contributed by atoms with Crippen LogP contribution in [0.2, 0.25) is 0 Å². The van der Waals surface area contributed by atoms with E-state index in [0.29, 0.717) is 39.4 Å². The van der Waals surface area contributed by atoms with Gasteiger partial charge >= 0.3 is 0 Å². The summed E-state index contributed by atoms with van der Waals surface area (Å²) in [6, 6.07) is 48.4. The fourth-order valence-electron chi connectivity index (χ4n) is 7.35. The van der Waals surface area contributed by atoms with Crippen LogP contribution in [0, 0.1) is 0 Å². The normalized spacial score (nSPS) is 13.2. The van der Waals surface area contributed by atoms with Gasteiger partial charge in [-0.1, -0.05) is 127 Å². The smallest absolute Gasteiger partial charge is 0.197 e. The maximum atomic E-state index is 13.5. The summed E-state index contributed by atoms with van der Waals surface area (Å²) in [6.07, 6.45) is 7.57. The minimum absolute atomic E-state index is 0.00803. The van der Waals surface area contributed by atoms with Crippen LogP contribution in [-0.4, -0.2) is 31.5 Å². The van der Waals surface area contributed by atoms with E-state index in [2.05, 4.69) is 10.6 Å². The molecule has 1 aliphatic carbocycles. The number of benzene rings is 6. The Balaban J connectivity index is 1.12. The molecule has 8 aromatic rings. The van der Waals surface area contributed by atoms with Gasteiger partial charge < -0.3 is 4.57 Å². The van der Waals surface area contributed by atoms with Gasteiger partial charge in [-0.05, 0) is 60.5 Å². The molecule has 55 heavy (non-hydrogen) atoms. The van der Waals surface area contributed by atoms with Crippen LogP contribution in [0.3, 0.4) is 0 Å². The third kappa shape index (κ3) is 6.07. The van der Waals surface area contributed by atoms with E-state index in [0.717, 1.165) is 44.5 Å². The molecule has 0 atom stereocenters. The predicted octanol–water partition coefficient (Wildman–Crippen LogP) is 10.0. The van der Waals surface area contributed by atoms with E-state index in [1.165, 1.54) is 0 Å². The summed E-state index contributed by atoms with van der Waals surface area (Å²) in [5, 5.41) is 1.30. The van der Waals surface area contributed by atoms with Gasteiger partial charge in [0.2, 0.25) is 0 Å².